The van der Waals surface area contributed by atoms with E-state index in [0.29, 0.717) is 6.61 Å². The third-order valence-corrected chi connectivity index (χ3v) is 2.30. The molecular formula is C8H15N5O. The maximum Gasteiger partial charge on any atom is 0.149 e. The SMILES string of the molecule is COCC(N)c1nnn2c1NCCC2. The first kappa shape index (κ1) is 9.42. The van der Waals surface area contributed by atoms with Gasteiger partial charge < -0.3 is 15.8 Å². The fourth-order valence-electron chi connectivity index (χ4n) is 1.61. The van der Waals surface area contributed by atoms with Crippen LogP contribution in [0.5, 0.6) is 0 Å². The van der Waals surface area contributed by atoms with E-state index in [2.05, 4.69) is 15.6 Å². The second kappa shape index (κ2) is 3.93. The van der Waals surface area contributed by atoms with Crippen molar-refractivity contribution in [3.8, 4) is 0 Å². The van der Waals surface area contributed by atoms with Crippen LogP contribution in [0.25, 0.3) is 0 Å². The molecule has 1 aromatic rings. The molecule has 1 aliphatic rings. The molecule has 0 amide bonds. The van der Waals surface area contributed by atoms with Crippen molar-refractivity contribution in [1.82, 2.24) is 15.0 Å². The number of methoxy groups -OCH3 is 1. The number of anilines is 1. The minimum Gasteiger partial charge on any atom is -0.383 e. The minimum absolute atomic E-state index is 0.200. The number of hydrogen-bond acceptors (Lipinski definition) is 5. The van der Waals surface area contributed by atoms with E-state index in [1.54, 1.807) is 7.11 Å². The molecule has 3 N–H and O–H groups in total. The van der Waals surface area contributed by atoms with Gasteiger partial charge in [0.1, 0.15) is 11.5 Å². The van der Waals surface area contributed by atoms with Crippen molar-refractivity contribution in [3.05, 3.63) is 5.69 Å². The number of rotatable bonds is 3. The number of aryl methyl sites for hydroxylation is 1. The second-order valence-electron chi connectivity index (χ2n) is 3.39. The zero-order valence-corrected chi connectivity index (χ0v) is 8.23. The van der Waals surface area contributed by atoms with Crippen LogP contribution in [0.4, 0.5) is 5.82 Å². The van der Waals surface area contributed by atoms with E-state index in [-0.39, 0.29) is 6.04 Å². The highest BCUT2D eigenvalue weighted by Gasteiger charge is 2.20. The standard InChI is InChI=1S/C8H15N5O/c1-14-5-6(9)7-8-10-3-2-4-13(8)12-11-7/h6,10H,2-5,9H2,1H3. The van der Waals surface area contributed by atoms with Gasteiger partial charge in [-0.2, -0.15) is 0 Å². The summed E-state index contributed by atoms with van der Waals surface area (Å²) in [7, 11) is 1.63. The number of ether oxygens (including phenoxy) is 1. The molecule has 0 radical (unpaired) electrons. The smallest absolute Gasteiger partial charge is 0.149 e. The summed E-state index contributed by atoms with van der Waals surface area (Å²) in [4.78, 5) is 0. The molecule has 0 spiro atoms. The Labute approximate surface area is 82.4 Å². The third-order valence-electron chi connectivity index (χ3n) is 2.30. The maximum atomic E-state index is 5.89. The van der Waals surface area contributed by atoms with Gasteiger partial charge in [-0.1, -0.05) is 5.21 Å². The van der Waals surface area contributed by atoms with Crippen LogP contribution in [0.15, 0.2) is 0 Å². The van der Waals surface area contributed by atoms with Crippen molar-refractivity contribution in [1.29, 1.82) is 0 Å². The van der Waals surface area contributed by atoms with Crippen LogP contribution in [-0.2, 0) is 11.3 Å². The summed E-state index contributed by atoms with van der Waals surface area (Å²) >= 11 is 0. The van der Waals surface area contributed by atoms with Gasteiger partial charge in [0.2, 0.25) is 0 Å². The lowest BCUT2D eigenvalue weighted by Crippen LogP contribution is -2.22. The van der Waals surface area contributed by atoms with Crippen molar-refractivity contribution >= 4 is 5.82 Å². The lowest BCUT2D eigenvalue weighted by molar-refractivity contribution is 0.180. The third kappa shape index (κ3) is 1.58. The van der Waals surface area contributed by atoms with Crippen LogP contribution >= 0.6 is 0 Å². The van der Waals surface area contributed by atoms with Crippen molar-refractivity contribution in [2.45, 2.75) is 19.0 Å². The molecule has 6 nitrogen and oxygen atoms in total. The highest BCUT2D eigenvalue weighted by molar-refractivity contribution is 5.42. The Morgan fingerprint density at radius 2 is 2.57 bits per heavy atom. The van der Waals surface area contributed by atoms with Gasteiger partial charge in [-0.3, -0.25) is 0 Å². The molecule has 0 aromatic carbocycles. The monoisotopic (exact) mass is 197 g/mol. The molecule has 0 saturated carbocycles. The largest absolute Gasteiger partial charge is 0.383 e. The topological polar surface area (TPSA) is 78.0 Å². The van der Waals surface area contributed by atoms with E-state index in [1.807, 2.05) is 4.68 Å². The average Bonchev–Trinajstić information content (AvgIpc) is 2.61. The fraction of sp³-hybridized carbons (Fsp3) is 0.750. The highest BCUT2D eigenvalue weighted by atomic mass is 16.5. The van der Waals surface area contributed by atoms with Gasteiger partial charge in [-0.15, -0.1) is 5.10 Å². The maximum absolute atomic E-state index is 5.89. The molecule has 2 rings (SSSR count). The molecule has 0 aliphatic carbocycles. The van der Waals surface area contributed by atoms with Gasteiger partial charge in [0.15, 0.2) is 0 Å². The predicted octanol–water partition coefficient (Wildman–Crippen LogP) is -0.260. The zero-order valence-electron chi connectivity index (χ0n) is 8.23. The quantitative estimate of drug-likeness (QED) is 0.698. The Balaban J connectivity index is 2.21. The molecule has 0 bridgehead atoms. The van der Waals surface area contributed by atoms with E-state index in [1.165, 1.54) is 0 Å². The van der Waals surface area contributed by atoms with Crippen molar-refractivity contribution in [2.24, 2.45) is 5.73 Å². The van der Waals surface area contributed by atoms with Crippen LogP contribution in [0, 0.1) is 0 Å². The highest BCUT2D eigenvalue weighted by Crippen LogP contribution is 2.21. The first-order chi connectivity index (χ1) is 6.83. The molecule has 78 valence electrons. The van der Waals surface area contributed by atoms with Gasteiger partial charge in [-0.25, -0.2) is 4.68 Å². The lowest BCUT2D eigenvalue weighted by atomic mass is 10.2. The van der Waals surface area contributed by atoms with Gasteiger partial charge in [0, 0.05) is 20.2 Å². The van der Waals surface area contributed by atoms with Gasteiger partial charge >= 0.3 is 0 Å². The Kier molecular flexibility index (Phi) is 2.64. The van der Waals surface area contributed by atoms with E-state index in [4.69, 9.17) is 10.5 Å². The predicted molar refractivity (Wildman–Crippen MR) is 51.9 cm³/mol. The number of hydrogen-bond donors (Lipinski definition) is 2. The van der Waals surface area contributed by atoms with Crippen LogP contribution in [0.2, 0.25) is 0 Å². The Hall–Kier alpha value is -1.14. The Morgan fingerprint density at radius 3 is 3.36 bits per heavy atom. The first-order valence-corrected chi connectivity index (χ1v) is 4.74. The van der Waals surface area contributed by atoms with Crippen LogP contribution in [0.1, 0.15) is 18.2 Å². The molecule has 2 heterocycles. The number of fused-ring (bicyclic) bond motifs is 1. The molecule has 0 saturated heterocycles. The average molecular weight is 197 g/mol. The number of nitrogens with two attached hydrogens (primary N) is 1. The van der Waals surface area contributed by atoms with Gasteiger partial charge in [0.05, 0.1) is 12.6 Å². The number of nitrogens with zero attached hydrogens (tertiary/aromatic N) is 3. The van der Waals surface area contributed by atoms with E-state index >= 15 is 0 Å². The minimum atomic E-state index is -0.200. The molecule has 1 aliphatic heterocycles. The van der Waals surface area contributed by atoms with E-state index < -0.39 is 0 Å². The number of nitrogens with one attached hydrogen (secondary N) is 1. The molecule has 1 unspecified atom stereocenters. The zero-order chi connectivity index (χ0) is 9.97. The van der Waals surface area contributed by atoms with Crippen LogP contribution in [-0.4, -0.2) is 35.3 Å². The fourth-order valence-corrected chi connectivity index (χ4v) is 1.61. The van der Waals surface area contributed by atoms with Gasteiger partial charge in [0.25, 0.3) is 0 Å². The molecule has 14 heavy (non-hydrogen) atoms. The first-order valence-electron chi connectivity index (χ1n) is 4.74. The summed E-state index contributed by atoms with van der Waals surface area (Å²) in [5, 5.41) is 11.3. The summed E-state index contributed by atoms with van der Waals surface area (Å²) in [5.41, 5.74) is 6.69. The molecular weight excluding hydrogens is 182 g/mol. The molecule has 1 atom stereocenters. The van der Waals surface area contributed by atoms with E-state index in [0.717, 1.165) is 31.0 Å². The lowest BCUT2D eigenvalue weighted by Gasteiger charge is -2.17. The molecule has 6 heteroatoms. The molecule has 0 fully saturated rings. The van der Waals surface area contributed by atoms with Crippen molar-refractivity contribution < 1.29 is 4.74 Å². The second-order valence-corrected chi connectivity index (χ2v) is 3.39. The molecule has 1 aromatic heterocycles. The summed E-state index contributed by atoms with van der Waals surface area (Å²) < 4.78 is 6.84. The van der Waals surface area contributed by atoms with Crippen molar-refractivity contribution in [2.75, 3.05) is 25.6 Å². The Morgan fingerprint density at radius 1 is 1.71 bits per heavy atom. The summed E-state index contributed by atoms with van der Waals surface area (Å²) in [6.45, 7) is 2.34. The summed E-state index contributed by atoms with van der Waals surface area (Å²) in [6, 6.07) is -0.200. The normalized spacial score (nSPS) is 17.3. The van der Waals surface area contributed by atoms with Crippen LogP contribution < -0.4 is 11.1 Å². The van der Waals surface area contributed by atoms with E-state index in [9.17, 15) is 0 Å². The summed E-state index contributed by atoms with van der Waals surface area (Å²) in [6.07, 6.45) is 1.08. The van der Waals surface area contributed by atoms with Crippen LogP contribution in [0.3, 0.4) is 0 Å². The Bertz CT molecular complexity index is 311. The summed E-state index contributed by atoms with van der Waals surface area (Å²) in [5.74, 6) is 0.945. The van der Waals surface area contributed by atoms with Crippen molar-refractivity contribution in [3.63, 3.8) is 0 Å². The number of aromatic nitrogens is 3. The van der Waals surface area contributed by atoms with Gasteiger partial charge in [-0.05, 0) is 6.42 Å².